The van der Waals surface area contributed by atoms with E-state index in [4.69, 9.17) is 4.74 Å². The maximum absolute atomic E-state index is 13.4. The van der Waals surface area contributed by atoms with Crippen molar-refractivity contribution in [3.05, 3.63) is 24.0 Å². The Balaban J connectivity index is 1.97. The van der Waals surface area contributed by atoms with Crippen LogP contribution in [0.1, 0.15) is 20.8 Å². The van der Waals surface area contributed by atoms with Crippen molar-refractivity contribution in [3.8, 4) is 5.75 Å². The zero-order valence-corrected chi connectivity index (χ0v) is 12.6. The molecule has 0 bridgehead atoms. The van der Waals surface area contributed by atoms with Gasteiger partial charge < -0.3 is 19.6 Å². The molecule has 1 heterocycles. The van der Waals surface area contributed by atoms with Gasteiger partial charge in [-0.15, -0.1) is 0 Å². The molecule has 0 radical (unpaired) electrons. The van der Waals surface area contributed by atoms with Crippen molar-refractivity contribution in [1.29, 1.82) is 0 Å². The highest BCUT2D eigenvalue weighted by Crippen LogP contribution is 2.30. The van der Waals surface area contributed by atoms with Crippen LogP contribution in [0.3, 0.4) is 0 Å². The highest BCUT2D eigenvalue weighted by Gasteiger charge is 2.27. The van der Waals surface area contributed by atoms with Crippen LogP contribution in [0.2, 0.25) is 0 Å². The number of para-hydroxylation sites is 1. The Labute approximate surface area is 123 Å². The largest absolute Gasteiger partial charge is 0.503 e. The number of halogens is 1. The van der Waals surface area contributed by atoms with Gasteiger partial charge in [-0.3, -0.25) is 0 Å². The average Bonchev–Trinajstić information content (AvgIpc) is 2.40. The summed E-state index contributed by atoms with van der Waals surface area (Å²) in [6, 6.07) is 4.45. The van der Waals surface area contributed by atoms with E-state index in [-0.39, 0.29) is 11.8 Å². The fourth-order valence-electron chi connectivity index (χ4n) is 2.22. The highest BCUT2D eigenvalue weighted by molar-refractivity contribution is 5.69. The van der Waals surface area contributed by atoms with E-state index in [0.29, 0.717) is 31.9 Å². The molecule has 0 aliphatic carbocycles. The van der Waals surface area contributed by atoms with E-state index in [1.54, 1.807) is 17.0 Å². The van der Waals surface area contributed by atoms with Crippen molar-refractivity contribution in [3.63, 3.8) is 0 Å². The lowest BCUT2D eigenvalue weighted by molar-refractivity contribution is 0.0240. The number of anilines is 1. The lowest BCUT2D eigenvalue weighted by atomic mass is 10.2. The highest BCUT2D eigenvalue weighted by atomic mass is 19.1. The summed E-state index contributed by atoms with van der Waals surface area (Å²) >= 11 is 0. The topological polar surface area (TPSA) is 53.0 Å². The number of piperazine rings is 1. The molecular weight excluding hydrogens is 275 g/mol. The van der Waals surface area contributed by atoms with Crippen LogP contribution in [0.4, 0.5) is 14.9 Å². The molecule has 1 aromatic carbocycles. The number of hydrogen-bond acceptors (Lipinski definition) is 4. The molecule has 1 N–H and O–H groups in total. The van der Waals surface area contributed by atoms with Crippen molar-refractivity contribution in [2.24, 2.45) is 0 Å². The molecule has 0 saturated carbocycles. The number of benzene rings is 1. The van der Waals surface area contributed by atoms with Crippen LogP contribution in [0.25, 0.3) is 0 Å². The van der Waals surface area contributed by atoms with E-state index in [1.165, 1.54) is 6.07 Å². The van der Waals surface area contributed by atoms with Gasteiger partial charge in [0.05, 0.1) is 5.69 Å². The van der Waals surface area contributed by atoms with Gasteiger partial charge in [-0.25, -0.2) is 9.18 Å². The fraction of sp³-hybridized carbons (Fsp3) is 0.533. The van der Waals surface area contributed by atoms with Gasteiger partial charge in [0.15, 0.2) is 11.6 Å². The minimum atomic E-state index is -0.637. The van der Waals surface area contributed by atoms with Gasteiger partial charge in [0.1, 0.15) is 5.60 Å². The third kappa shape index (κ3) is 3.77. The van der Waals surface area contributed by atoms with Crippen molar-refractivity contribution in [2.75, 3.05) is 31.1 Å². The van der Waals surface area contributed by atoms with Gasteiger partial charge in [0.2, 0.25) is 0 Å². The fourth-order valence-corrected chi connectivity index (χ4v) is 2.22. The van der Waals surface area contributed by atoms with E-state index in [9.17, 15) is 14.3 Å². The second-order valence-electron chi connectivity index (χ2n) is 6.06. The van der Waals surface area contributed by atoms with Gasteiger partial charge in [0, 0.05) is 26.2 Å². The van der Waals surface area contributed by atoms with Crippen LogP contribution < -0.4 is 4.90 Å². The van der Waals surface area contributed by atoms with E-state index in [2.05, 4.69) is 0 Å². The van der Waals surface area contributed by atoms with Crippen LogP contribution in [-0.2, 0) is 4.74 Å². The predicted molar refractivity (Wildman–Crippen MR) is 78.1 cm³/mol. The van der Waals surface area contributed by atoms with Crippen LogP contribution in [-0.4, -0.2) is 47.9 Å². The molecule has 116 valence electrons. The van der Waals surface area contributed by atoms with Gasteiger partial charge in [-0.2, -0.15) is 0 Å². The summed E-state index contributed by atoms with van der Waals surface area (Å²) in [5.74, 6) is -0.981. The second kappa shape index (κ2) is 5.79. The third-order valence-corrected chi connectivity index (χ3v) is 3.24. The second-order valence-corrected chi connectivity index (χ2v) is 6.06. The number of amides is 1. The Morgan fingerprint density at radius 3 is 2.43 bits per heavy atom. The standard InChI is InChI=1S/C15H21FN2O3/c1-15(2,3)21-14(20)18-9-7-17(8-10-18)12-6-4-5-11(16)13(12)19/h4-6,19H,7-10H2,1-3H3. The van der Waals surface area contributed by atoms with E-state index in [1.807, 2.05) is 25.7 Å². The smallest absolute Gasteiger partial charge is 0.410 e. The lowest BCUT2D eigenvalue weighted by Crippen LogP contribution is -2.50. The first-order chi connectivity index (χ1) is 9.78. The monoisotopic (exact) mass is 296 g/mol. The molecule has 1 aliphatic heterocycles. The van der Waals surface area contributed by atoms with E-state index >= 15 is 0 Å². The van der Waals surface area contributed by atoms with Gasteiger partial charge in [0.25, 0.3) is 0 Å². The van der Waals surface area contributed by atoms with Crippen molar-refractivity contribution < 1.29 is 19.0 Å². The molecule has 2 rings (SSSR count). The first-order valence-electron chi connectivity index (χ1n) is 6.98. The Morgan fingerprint density at radius 2 is 1.86 bits per heavy atom. The number of carbonyl (C=O) groups excluding carboxylic acids is 1. The Kier molecular flexibility index (Phi) is 4.25. The Bertz CT molecular complexity index is 520. The number of phenols is 1. The van der Waals surface area contributed by atoms with Crippen molar-refractivity contribution in [1.82, 2.24) is 4.90 Å². The number of rotatable bonds is 1. The quantitative estimate of drug-likeness (QED) is 0.865. The zero-order valence-electron chi connectivity index (χ0n) is 12.6. The van der Waals surface area contributed by atoms with Gasteiger partial charge >= 0.3 is 6.09 Å². The summed E-state index contributed by atoms with van der Waals surface area (Å²) in [6.07, 6.45) is -0.342. The van der Waals surface area contributed by atoms with Crippen molar-refractivity contribution >= 4 is 11.8 Å². The van der Waals surface area contributed by atoms with E-state index in [0.717, 1.165) is 0 Å². The van der Waals surface area contributed by atoms with Gasteiger partial charge in [-0.1, -0.05) is 6.07 Å². The number of aromatic hydroxyl groups is 1. The van der Waals surface area contributed by atoms with Crippen LogP contribution in [0.15, 0.2) is 18.2 Å². The molecule has 1 amide bonds. The molecule has 0 atom stereocenters. The summed E-state index contributed by atoms with van der Waals surface area (Å²) in [4.78, 5) is 15.4. The number of carbonyl (C=O) groups is 1. The van der Waals surface area contributed by atoms with E-state index < -0.39 is 11.4 Å². The zero-order chi connectivity index (χ0) is 15.6. The molecular formula is C15H21FN2O3. The normalized spacial score (nSPS) is 16.0. The number of hydrogen-bond donors (Lipinski definition) is 1. The maximum Gasteiger partial charge on any atom is 0.410 e. The maximum atomic E-state index is 13.4. The molecule has 5 nitrogen and oxygen atoms in total. The molecule has 21 heavy (non-hydrogen) atoms. The summed E-state index contributed by atoms with van der Waals surface area (Å²) in [7, 11) is 0. The number of phenolic OH excluding ortho intramolecular Hbond substituents is 1. The Hall–Kier alpha value is -1.98. The lowest BCUT2D eigenvalue weighted by Gasteiger charge is -2.36. The first-order valence-corrected chi connectivity index (χ1v) is 6.98. The summed E-state index contributed by atoms with van der Waals surface area (Å²) < 4.78 is 18.7. The van der Waals surface area contributed by atoms with Crippen molar-refractivity contribution in [2.45, 2.75) is 26.4 Å². The van der Waals surface area contributed by atoms with Crippen LogP contribution in [0.5, 0.6) is 5.75 Å². The number of nitrogens with zero attached hydrogens (tertiary/aromatic N) is 2. The molecule has 0 unspecified atom stereocenters. The average molecular weight is 296 g/mol. The molecule has 1 fully saturated rings. The molecule has 6 heteroatoms. The molecule has 1 aromatic rings. The summed E-state index contributed by atoms with van der Waals surface area (Å²) in [5, 5.41) is 9.76. The molecule has 1 aliphatic rings. The molecule has 0 aromatic heterocycles. The SMILES string of the molecule is CC(C)(C)OC(=O)N1CCN(c2cccc(F)c2O)CC1. The first kappa shape index (κ1) is 15.4. The van der Waals surface area contributed by atoms with Crippen LogP contribution >= 0.6 is 0 Å². The molecule has 0 spiro atoms. The summed E-state index contributed by atoms with van der Waals surface area (Å²) in [5.41, 5.74) is -0.0615. The molecule has 1 saturated heterocycles. The Morgan fingerprint density at radius 1 is 1.24 bits per heavy atom. The van der Waals surface area contributed by atoms with Crippen LogP contribution in [0, 0.1) is 5.82 Å². The van der Waals surface area contributed by atoms with Gasteiger partial charge in [-0.05, 0) is 32.9 Å². The summed E-state index contributed by atoms with van der Waals surface area (Å²) in [6.45, 7) is 7.48. The predicted octanol–water partition coefficient (Wildman–Crippen LogP) is 2.59. The third-order valence-electron chi connectivity index (χ3n) is 3.24. The minimum Gasteiger partial charge on any atom is -0.503 e. The minimum absolute atomic E-state index is 0.342. The number of ether oxygens (including phenoxy) is 1.